The van der Waals surface area contributed by atoms with Gasteiger partial charge in [-0.2, -0.15) is 4.31 Å². The molecule has 2 rings (SSSR count). The molecule has 5 nitrogen and oxygen atoms in total. The van der Waals surface area contributed by atoms with Gasteiger partial charge < -0.3 is 10.2 Å². The monoisotopic (exact) mass is 359 g/mol. The van der Waals surface area contributed by atoms with E-state index >= 15 is 0 Å². The van der Waals surface area contributed by atoms with Gasteiger partial charge in [0, 0.05) is 18.7 Å². The van der Waals surface area contributed by atoms with Gasteiger partial charge in [0.2, 0.25) is 10.0 Å². The normalized spacial score (nSPS) is 11.2. The minimum Gasteiger partial charge on any atom is -0.395 e. The van der Waals surface area contributed by atoms with E-state index in [0.717, 1.165) is 5.56 Å². The summed E-state index contributed by atoms with van der Waals surface area (Å²) in [5, 5.41) is 18.1. The average Bonchev–Trinajstić information content (AvgIpc) is 2.61. The van der Waals surface area contributed by atoms with Gasteiger partial charge in [-0.05, 0) is 30.2 Å². The van der Waals surface area contributed by atoms with Crippen LogP contribution in [0.3, 0.4) is 0 Å². The highest BCUT2D eigenvalue weighted by Gasteiger charge is 2.26. The van der Waals surface area contributed by atoms with Crippen molar-refractivity contribution in [2.45, 2.75) is 18.4 Å². The summed E-state index contributed by atoms with van der Waals surface area (Å²) < 4.78 is 27.4. The Hall–Kier alpha value is -2.17. The molecule has 0 spiro atoms. The van der Waals surface area contributed by atoms with Crippen LogP contribution in [0.4, 0.5) is 0 Å². The van der Waals surface area contributed by atoms with Crippen LogP contribution in [-0.4, -0.2) is 42.7 Å². The number of hydrogen-bond acceptors (Lipinski definition) is 4. The number of aryl methyl sites for hydroxylation is 1. The van der Waals surface area contributed by atoms with E-state index in [4.69, 9.17) is 5.11 Å². The van der Waals surface area contributed by atoms with Gasteiger partial charge >= 0.3 is 0 Å². The number of hydrogen-bond donors (Lipinski definition) is 2. The summed E-state index contributed by atoms with van der Waals surface area (Å²) in [6.07, 6.45) is 0. The Morgan fingerprint density at radius 3 is 2.44 bits per heavy atom. The van der Waals surface area contributed by atoms with Gasteiger partial charge in [-0.25, -0.2) is 8.42 Å². The van der Waals surface area contributed by atoms with Crippen LogP contribution in [0.25, 0.3) is 0 Å². The number of aliphatic hydroxyl groups is 2. The summed E-state index contributed by atoms with van der Waals surface area (Å²) in [5.74, 6) is 5.24. The van der Waals surface area contributed by atoms with E-state index in [2.05, 4.69) is 11.8 Å². The summed E-state index contributed by atoms with van der Waals surface area (Å²) >= 11 is 0. The van der Waals surface area contributed by atoms with Crippen molar-refractivity contribution < 1.29 is 18.6 Å². The molecule has 0 atom stereocenters. The SMILES string of the molecule is Cc1ccc(C#CCO)cc1S(=O)(=O)N(CCO)Cc1ccccc1. The van der Waals surface area contributed by atoms with E-state index in [1.165, 1.54) is 10.4 Å². The summed E-state index contributed by atoms with van der Waals surface area (Å²) in [6, 6.07) is 14.1. The molecule has 132 valence electrons. The molecular weight excluding hydrogens is 338 g/mol. The number of benzene rings is 2. The van der Waals surface area contributed by atoms with Crippen molar-refractivity contribution in [1.82, 2.24) is 4.31 Å². The molecule has 0 amide bonds. The zero-order valence-corrected chi connectivity index (χ0v) is 14.8. The zero-order chi connectivity index (χ0) is 18.3. The molecule has 0 aliphatic heterocycles. The fourth-order valence-corrected chi connectivity index (χ4v) is 4.09. The van der Waals surface area contributed by atoms with Crippen LogP contribution in [0.5, 0.6) is 0 Å². The number of nitrogens with zero attached hydrogens (tertiary/aromatic N) is 1. The fourth-order valence-electron chi connectivity index (χ4n) is 2.42. The first-order valence-corrected chi connectivity index (χ1v) is 9.28. The van der Waals surface area contributed by atoms with E-state index in [1.807, 2.05) is 30.3 Å². The van der Waals surface area contributed by atoms with Crippen LogP contribution >= 0.6 is 0 Å². The summed E-state index contributed by atoms with van der Waals surface area (Å²) in [5.41, 5.74) is 1.96. The molecule has 0 unspecified atom stereocenters. The summed E-state index contributed by atoms with van der Waals surface area (Å²) in [6.45, 7) is 1.34. The predicted octanol–water partition coefficient (Wildman–Crippen LogP) is 1.52. The van der Waals surface area contributed by atoms with Crippen LogP contribution in [0, 0.1) is 18.8 Å². The van der Waals surface area contributed by atoms with Crippen LogP contribution in [-0.2, 0) is 16.6 Å². The van der Waals surface area contributed by atoms with Gasteiger partial charge in [0.1, 0.15) is 6.61 Å². The molecule has 0 aliphatic rings. The Labute approximate surface area is 148 Å². The van der Waals surface area contributed by atoms with Crippen LogP contribution in [0.2, 0.25) is 0 Å². The molecule has 0 saturated carbocycles. The van der Waals surface area contributed by atoms with Crippen LogP contribution < -0.4 is 0 Å². The largest absolute Gasteiger partial charge is 0.395 e. The quantitative estimate of drug-likeness (QED) is 0.767. The van der Waals surface area contributed by atoms with Gasteiger partial charge in [0.25, 0.3) is 0 Å². The van der Waals surface area contributed by atoms with Gasteiger partial charge in [-0.1, -0.05) is 48.2 Å². The Bertz CT molecular complexity index is 867. The molecule has 25 heavy (non-hydrogen) atoms. The van der Waals surface area contributed by atoms with Crippen molar-refractivity contribution in [3.05, 3.63) is 65.2 Å². The highest BCUT2D eigenvalue weighted by atomic mass is 32.2. The van der Waals surface area contributed by atoms with Crippen molar-refractivity contribution in [2.24, 2.45) is 0 Å². The number of rotatable bonds is 6. The van der Waals surface area contributed by atoms with Gasteiger partial charge in [-0.3, -0.25) is 0 Å². The van der Waals surface area contributed by atoms with Gasteiger partial charge in [0.15, 0.2) is 0 Å². The van der Waals surface area contributed by atoms with Crippen molar-refractivity contribution in [1.29, 1.82) is 0 Å². The molecule has 2 aromatic rings. The Kier molecular flexibility index (Phi) is 6.73. The topological polar surface area (TPSA) is 77.8 Å². The summed E-state index contributed by atoms with van der Waals surface area (Å²) in [4.78, 5) is 0.154. The first kappa shape index (κ1) is 19.2. The molecule has 2 aromatic carbocycles. The maximum absolute atomic E-state index is 13.1. The second-order valence-electron chi connectivity index (χ2n) is 5.49. The van der Waals surface area contributed by atoms with Gasteiger partial charge in [-0.15, -0.1) is 0 Å². The van der Waals surface area contributed by atoms with Gasteiger partial charge in [0.05, 0.1) is 11.5 Å². The molecule has 2 N–H and O–H groups in total. The number of aliphatic hydroxyl groups excluding tert-OH is 2. The first-order valence-electron chi connectivity index (χ1n) is 7.84. The molecule has 0 bridgehead atoms. The van der Waals surface area contributed by atoms with Crippen molar-refractivity contribution in [3.8, 4) is 11.8 Å². The van der Waals surface area contributed by atoms with E-state index in [9.17, 15) is 13.5 Å². The molecule has 0 aliphatic carbocycles. The fraction of sp³-hybridized carbons (Fsp3) is 0.263. The van der Waals surface area contributed by atoms with Crippen LogP contribution in [0.1, 0.15) is 16.7 Å². The van der Waals surface area contributed by atoms with Crippen LogP contribution in [0.15, 0.2) is 53.4 Å². The lowest BCUT2D eigenvalue weighted by Crippen LogP contribution is -2.33. The standard InChI is InChI=1S/C19H21NO4S/c1-16-9-10-17(8-5-12-21)14-19(16)25(23,24)20(11-13-22)15-18-6-3-2-4-7-18/h2-4,6-7,9-10,14,21-22H,11-13,15H2,1H3. The lowest BCUT2D eigenvalue weighted by molar-refractivity contribution is 0.251. The lowest BCUT2D eigenvalue weighted by Gasteiger charge is -2.22. The molecule has 0 radical (unpaired) electrons. The third-order valence-corrected chi connectivity index (χ3v) is 5.66. The van der Waals surface area contributed by atoms with E-state index in [0.29, 0.717) is 11.1 Å². The van der Waals surface area contributed by atoms with Crippen molar-refractivity contribution >= 4 is 10.0 Å². The average molecular weight is 359 g/mol. The highest BCUT2D eigenvalue weighted by molar-refractivity contribution is 7.89. The Balaban J connectivity index is 2.42. The number of sulfonamides is 1. The van der Waals surface area contributed by atoms with E-state index < -0.39 is 10.0 Å². The molecule has 0 saturated heterocycles. The third kappa shape index (κ3) is 4.91. The zero-order valence-electron chi connectivity index (χ0n) is 14.0. The maximum Gasteiger partial charge on any atom is 0.243 e. The minimum atomic E-state index is -3.80. The molecule has 0 heterocycles. The third-order valence-electron chi connectivity index (χ3n) is 3.67. The van der Waals surface area contributed by atoms with E-state index in [1.54, 1.807) is 19.1 Å². The Morgan fingerprint density at radius 2 is 1.80 bits per heavy atom. The predicted molar refractivity (Wildman–Crippen MR) is 96.3 cm³/mol. The minimum absolute atomic E-state index is 0.00319. The van der Waals surface area contributed by atoms with E-state index in [-0.39, 0.29) is 31.2 Å². The smallest absolute Gasteiger partial charge is 0.243 e. The second-order valence-corrected chi connectivity index (χ2v) is 7.39. The molecule has 6 heteroatoms. The lowest BCUT2D eigenvalue weighted by atomic mass is 10.1. The maximum atomic E-state index is 13.1. The van der Waals surface area contributed by atoms with Crippen molar-refractivity contribution in [3.63, 3.8) is 0 Å². The highest BCUT2D eigenvalue weighted by Crippen LogP contribution is 2.23. The molecule has 0 fully saturated rings. The second kappa shape index (κ2) is 8.79. The Morgan fingerprint density at radius 1 is 1.08 bits per heavy atom. The molecular formula is C19H21NO4S. The first-order chi connectivity index (χ1) is 12.0. The molecule has 0 aromatic heterocycles. The summed E-state index contributed by atoms with van der Waals surface area (Å²) in [7, 11) is -3.80. The van der Waals surface area contributed by atoms with Crippen molar-refractivity contribution in [2.75, 3.05) is 19.8 Å².